The highest BCUT2D eigenvalue weighted by Crippen LogP contribution is 1.80. The predicted octanol–water partition coefficient (Wildman–Crippen LogP) is 0.664. The molecule has 0 aromatic heterocycles. The first-order valence-electron chi connectivity index (χ1n) is 3.85. The van der Waals surface area contributed by atoms with E-state index in [1.165, 1.54) is 4.90 Å². The van der Waals surface area contributed by atoms with Gasteiger partial charge in [0.25, 0.3) is 0 Å². The van der Waals surface area contributed by atoms with Crippen molar-refractivity contribution in [2.45, 2.75) is 20.3 Å². The van der Waals surface area contributed by atoms with Crippen molar-refractivity contribution in [2.75, 3.05) is 20.7 Å². The molecule has 0 atom stereocenters. The summed E-state index contributed by atoms with van der Waals surface area (Å²) in [6, 6.07) is 0. The second-order valence-corrected chi connectivity index (χ2v) is 2.23. The molecule has 72 valence electrons. The normalized spacial score (nSPS) is 7.67. The molecule has 0 saturated heterocycles. The molecule has 0 N–H and O–H groups in total. The summed E-state index contributed by atoms with van der Waals surface area (Å²) in [5.74, 6) is -0.123. The highest BCUT2D eigenvalue weighted by Gasteiger charge is 1.91. The molecule has 0 saturated carbocycles. The second kappa shape index (κ2) is 9.94. The molecule has 0 aliphatic rings. The lowest BCUT2D eigenvalue weighted by Crippen LogP contribution is -2.06. The Kier molecular flexibility index (Phi) is 11.2. The molecule has 0 aromatic rings. The largest absolute Gasteiger partial charge is 0.466 e. The molecule has 4 nitrogen and oxygen atoms in total. The third kappa shape index (κ3) is 16.0. The maximum atomic E-state index is 10.2. The van der Waals surface area contributed by atoms with E-state index in [-0.39, 0.29) is 5.97 Å². The molecule has 0 aliphatic carbocycles. The number of hydrogen-bond acceptors (Lipinski definition) is 3. The topological polar surface area (TPSA) is 46.6 Å². The van der Waals surface area contributed by atoms with Crippen LogP contribution in [0.4, 0.5) is 0 Å². The number of nitrogens with zero attached hydrogens (tertiary/aromatic N) is 1. The van der Waals surface area contributed by atoms with Crippen molar-refractivity contribution in [3.63, 3.8) is 0 Å². The van der Waals surface area contributed by atoms with E-state index in [1.807, 2.05) is 0 Å². The van der Waals surface area contributed by atoms with E-state index < -0.39 is 0 Å². The van der Waals surface area contributed by atoms with Crippen LogP contribution in [0.1, 0.15) is 20.3 Å². The average molecular weight is 175 g/mol. The summed E-state index contributed by atoms with van der Waals surface area (Å²) in [5, 5.41) is 0. The smallest absolute Gasteiger partial charge is 0.305 e. The minimum absolute atomic E-state index is 0.123. The third-order valence-corrected chi connectivity index (χ3v) is 0.805. The van der Waals surface area contributed by atoms with E-state index in [9.17, 15) is 9.59 Å². The summed E-state index contributed by atoms with van der Waals surface area (Å²) < 4.78 is 4.55. The summed E-state index contributed by atoms with van der Waals surface area (Å²) in [4.78, 5) is 21.1. The molecular formula is C8H17NO3. The number of rotatable bonds is 3. The van der Waals surface area contributed by atoms with Crippen molar-refractivity contribution in [3.05, 3.63) is 0 Å². The zero-order valence-corrected chi connectivity index (χ0v) is 8.16. The van der Waals surface area contributed by atoms with E-state index in [0.29, 0.717) is 13.0 Å². The molecule has 0 heterocycles. The van der Waals surface area contributed by atoms with Crippen molar-refractivity contribution in [1.29, 1.82) is 0 Å². The SMILES string of the molecule is CCOC(=O)CC.CN(C)C=O. The molecule has 0 aromatic carbocycles. The van der Waals surface area contributed by atoms with Crippen LogP contribution in [0.2, 0.25) is 0 Å². The van der Waals surface area contributed by atoms with Crippen molar-refractivity contribution in [2.24, 2.45) is 0 Å². The van der Waals surface area contributed by atoms with E-state index in [2.05, 4.69) is 4.74 Å². The zero-order valence-electron chi connectivity index (χ0n) is 8.16. The van der Waals surface area contributed by atoms with Gasteiger partial charge in [-0.1, -0.05) is 6.92 Å². The first-order chi connectivity index (χ1) is 5.58. The molecule has 12 heavy (non-hydrogen) atoms. The van der Waals surface area contributed by atoms with Gasteiger partial charge in [0, 0.05) is 20.5 Å². The van der Waals surface area contributed by atoms with Gasteiger partial charge in [0.2, 0.25) is 6.41 Å². The van der Waals surface area contributed by atoms with Crippen LogP contribution in [-0.2, 0) is 14.3 Å². The Labute approximate surface area is 73.5 Å². The molecule has 0 unspecified atom stereocenters. The van der Waals surface area contributed by atoms with Gasteiger partial charge in [-0.2, -0.15) is 0 Å². The Morgan fingerprint density at radius 2 is 1.83 bits per heavy atom. The number of carbonyl (C=O) groups excluding carboxylic acids is 2. The van der Waals surface area contributed by atoms with Gasteiger partial charge in [-0.25, -0.2) is 0 Å². The highest BCUT2D eigenvalue weighted by molar-refractivity contribution is 5.68. The fourth-order valence-corrected chi connectivity index (χ4v) is 0.263. The molecule has 0 radical (unpaired) electrons. The lowest BCUT2D eigenvalue weighted by molar-refractivity contribution is -0.142. The summed E-state index contributed by atoms with van der Waals surface area (Å²) in [7, 11) is 3.38. The second-order valence-electron chi connectivity index (χ2n) is 2.23. The van der Waals surface area contributed by atoms with E-state index in [1.54, 1.807) is 27.9 Å². The number of amides is 1. The minimum Gasteiger partial charge on any atom is -0.466 e. The van der Waals surface area contributed by atoms with Gasteiger partial charge < -0.3 is 9.64 Å². The Bertz CT molecular complexity index is 123. The van der Waals surface area contributed by atoms with Crippen molar-refractivity contribution < 1.29 is 14.3 Å². The van der Waals surface area contributed by atoms with Gasteiger partial charge in [-0.3, -0.25) is 9.59 Å². The van der Waals surface area contributed by atoms with E-state index in [0.717, 1.165) is 6.41 Å². The average Bonchev–Trinajstić information content (AvgIpc) is 2.06. The fourth-order valence-electron chi connectivity index (χ4n) is 0.263. The molecule has 4 heteroatoms. The van der Waals surface area contributed by atoms with Gasteiger partial charge in [0.1, 0.15) is 0 Å². The lowest BCUT2D eigenvalue weighted by Gasteiger charge is -1.93. The monoisotopic (exact) mass is 175 g/mol. The van der Waals surface area contributed by atoms with Crippen LogP contribution in [-0.4, -0.2) is 38.0 Å². The number of esters is 1. The van der Waals surface area contributed by atoms with Crippen molar-refractivity contribution in [3.8, 4) is 0 Å². The van der Waals surface area contributed by atoms with Crippen LogP contribution in [0.25, 0.3) is 0 Å². The van der Waals surface area contributed by atoms with Gasteiger partial charge >= 0.3 is 5.97 Å². The first-order valence-corrected chi connectivity index (χ1v) is 3.85. The fraction of sp³-hybridized carbons (Fsp3) is 0.750. The van der Waals surface area contributed by atoms with E-state index >= 15 is 0 Å². The molecule has 0 fully saturated rings. The predicted molar refractivity (Wildman–Crippen MR) is 46.7 cm³/mol. The number of carbonyl (C=O) groups is 2. The van der Waals surface area contributed by atoms with Gasteiger partial charge in [0.05, 0.1) is 6.61 Å². The summed E-state index contributed by atoms with van der Waals surface area (Å²) >= 11 is 0. The van der Waals surface area contributed by atoms with Crippen LogP contribution < -0.4 is 0 Å². The summed E-state index contributed by atoms with van der Waals surface area (Å²) in [5.41, 5.74) is 0. The summed E-state index contributed by atoms with van der Waals surface area (Å²) in [6.45, 7) is 4.07. The van der Waals surface area contributed by atoms with E-state index in [4.69, 9.17) is 0 Å². The number of hydrogen-bond donors (Lipinski definition) is 0. The Balaban J connectivity index is 0. The Morgan fingerprint density at radius 3 is 1.92 bits per heavy atom. The molecule has 0 bridgehead atoms. The molecule has 0 aliphatic heterocycles. The maximum Gasteiger partial charge on any atom is 0.305 e. The maximum absolute atomic E-state index is 10.2. The van der Waals surface area contributed by atoms with Crippen molar-refractivity contribution >= 4 is 12.4 Å². The Hall–Kier alpha value is -1.06. The van der Waals surface area contributed by atoms with Crippen LogP contribution in [0.3, 0.4) is 0 Å². The minimum atomic E-state index is -0.123. The number of ether oxygens (including phenoxy) is 1. The molecule has 1 amide bonds. The van der Waals surface area contributed by atoms with Gasteiger partial charge in [0.15, 0.2) is 0 Å². The standard InChI is InChI=1S/C5H10O2.C3H7NO/c1-3-5(6)7-4-2;1-4(2)3-5/h3-4H2,1-2H3;3H,1-2H3. The summed E-state index contributed by atoms with van der Waals surface area (Å²) in [6.07, 6.45) is 1.23. The molecular weight excluding hydrogens is 158 g/mol. The van der Waals surface area contributed by atoms with Gasteiger partial charge in [-0.15, -0.1) is 0 Å². The molecule has 0 rings (SSSR count). The quantitative estimate of drug-likeness (QED) is 0.467. The highest BCUT2D eigenvalue weighted by atomic mass is 16.5. The van der Waals surface area contributed by atoms with Crippen LogP contribution in [0, 0.1) is 0 Å². The zero-order chi connectivity index (χ0) is 9.98. The third-order valence-electron chi connectivity index (χ3n) is 0.805. The van der Waals surface area contributed by atoms with Gasteiger partial charge in [-0.05, 0) is 6.92 Å². The Morgan fingerprint density at radius 1 is 1.42 bits per heavy atom. The molecule has 0 spiro atoms. The first kappa shape index (κ1) is 13.5. The lowest BCUT2D eigenvalue weighted by atomic mass is 10.5. The van der Waals surface area contributed by atoms with Crippen LogP contribution in [0.15, 0.2) is 0 Å². The van der Waals surface area contributed by atoms with Crippen LogP contribution in [0.5, 0.6) is 0 Å². The van der Waals surface area contributed by atoms with Crippen molar-refractivity contribution in [1.82, 2.24) is 4.90 Å². The van der Waals surface area contributed by atoms with Crippen LogP contribution >= 0.6 is 0 Å².